The van der Waals surface area contributed by atoms with Crippen LogP contribution in [0.1, 0.15) is 42.1 Å². The van der Waals surface area contributed by atoms with Gasteiger partial charge in [0, 0.05) is 29.1 Å². The first-order valence-electron chi connectivity index (χ1n) is 7.28. The van der Waals surface area contributed by atoms with Crippen LogP contribution in [0.25, 0.3) is 0 Å². The monoisotopic (exact) mass is 292 g/mol. The summed E-state index contributed by atoms with van der Waals surface area (Å²) < 4.78 is 0.313. The van der Waals surface area contributed by atoms with Crippen LogP contribution in [0.4, 0.5) is 5.69 Å². The average molecular weight is 292 g/mol. The predicted octanol–water partition coefficient (Wildman–Crippen LogP) is 3.44. The van der Waals surface area contributed by atoms with E-state index in [1.165, 1.54) is 12.8 Å². The summed E-state index contributed by atoms with van der Waals surface area (Å²) in [5.41, 5.74) is 2.99. The van der Waals surface area contributed by atoms with E-state index in [2.05, 4.69) is 23.8 Å². The molecule has 0 bridgehead atoms. The van der Waals surface area contributed by atoms with Gasteiger partial charge < -0.3 is 10.6 Å². The minimum Gasteiger partial charge on any atom is -0.385 e. The summed E-state index contributed by atoms with van der Waals surface area (Å²) in [6.45, 7) is 5.92. The molecule has 0 heterocycles. The molecule has 20 heavy (non-hydrogen) atoms. The molecule has 0 atom stereocenters. The molecule has 1 aliphatic carbocycles. The normalized spacial score (nSPS) is 15.8. The first-order chi connectivity index (χ1) is 9.60. The van der Waals surface area contributed by atoms with Crippen molar-refractivity contribution in [2.75, 3.05) is 24.7 Å². The molecule has 1 aromatic rings. The fourth-order valence-corrected chi connectivity index (χ4v) is 2.93. The number of rotatable bonds is 7. The van der Waals surface area contributed by atoms with Crippen LogP contribution in [0, 0.1) is 6.92 Å². The summed E-state index contributed by atoms with van der Waals surface area (Å²) in [6.07, 6.45) is 5.65. The van der Waals surface area contributed by atoms with E-state index >= 15 is 0 Å². The van der Waals surface area contributed by atoms with E-state index < -0.39 is 0 Å². The van der Waals surface area contributed by atoms with E-state index in [9.17, 15) is 4.79 Å². The van der Waals surface area contributed by atoms with Gasteiger partial charge in [0.15, 0.2) is 0 Å². The van der Waals surface area contributed by atoms with E-state index in [-0.39, 0.29) is 5.91 Å². The Hall–Kier alpha value is -1.16. The zero-order valence-corrected chi connectivity index (χ0v) is 13.4. The van der Waals surface area contributed by atoms with E-state index in [1.807, 2.05) is 36.9 Å². The minimum atomic E-state index is 0.0375. The Morgan fingerprint density at radius 3 is 2.70 bits per heavy atom. The fraction of sp³-hybridized carbons (Fsp3) is 0.562. The smallest absolute Gasteiger partial charge is 0.251 e. The number of aryl methyl sites for hydroxylation is 1. The molecule has 110 valence electrons. The van der Waals surface area contributed by atoms with E-state index in [0.717, 1.165) is 36.3 Å². The van der Waals surface area contributed by atoms with Gasteiger partial charge >= 0.3 is 0 Å². The highest BCUT2D eigenvalue weighted by molar-refractivity contribution is 8.00. The molecule has 1 amide bonds. The molecule has 1 saturated carbocycles. The third-order valence-corrected chi connectivity index (χ3v) is 5.28. The largest absolute Gasteiger partial charge is 0.385 e. The number of nitrogens with one attached hydrogen (secondary N) is 2. The lowest BCUT2D eigenvalue weighted by molar-refractivity contribution is 0.0953. The highest BCUT2D eigenvalue weighted by Gasteiger charge is 2.41. The van der Waals surface area contributed by atoms with Crippen molar-refractivity contribution in [1.82, 2.24) is 5.32 Å². The Morgan fingerprint density at radius 1 is 1.40 bits per heavy atom. The standard InChI is InChI=1S/C16H24N2OS/c1-4-9-17-14-6-5-13(10-12(14)2)15(19)18-11-16(20-3)7-8-16/h5-6,10,17H,4,7-9,11H2,1-3H3,(H,18,19). The van der Waals surface area contributed by atoms with Gasteiger partial charge in [0.05, 0.1) is 0 Å². The lowest BCUT2D eigenvalue weighted by Gasteiger charge is -2.14. The SMILES string of the molecule is CCCNc1ccc(C(=O)NCC2(SC)CC2)cc1C. The molecule has 0 saturated heterocycles. The molecular formula is C16H24N2OS. The van der Waals surface area contributed by atoms with Crippen LogP contribution in [-0.4, -0.2) is 30.0 Å². The average Bonchev–Trinajstić information content (AvgIpc) is 3.24. The third-order valence-electron chi connectivity index (χ3n) is 3.87. The van der Waals surface area contributed by atoms with Crippen molar-refractivity contribution in [2.45, 2.75) is 37.9 Å². The van der Waals surface area contributed by atoms with E-state index in [1.54, 1.807) is 0 Å². The van der Waals surface area contributed by atoms with Crippen molar-refractivity contribution >= 4 is 23.4 Å². The van der Waals surface area contributed by atoms with Crippen molar-refractivity contribution in [2.24, 2.45) is 0 Å². The highest BCUT2D eigenvalue weighted by atomic mass is 32.2. The zero-order valence-electron chi connectivity index (χ0n) is 12.6. The van der Waals surface area contributed by atoms with Crippen molar-refractivity contribution in [1.29, 1.82) is 0 Å². The molecule has 2 N–H and O–H groups in total. The van der Waals surface area contributed by atoms with Gasteiger partial charge in [-0.3, -0.25) is 4.79 Å². The lowest BCUT2D eigenvalue weighted by atomic mass is 10.1. The maximum absolute atomic E-state index is 12.2. The molecule has 2 rings (SSSR count). The molecule has 0 radical (unpaired) electrons. The lowest BCUT2D eigenvalue weighted by Crippen LogP contribution is -2.31. The number of amides is 1. The summed E-state index contributed by atoms with van der Waals surface area (Å²) in [6, 6.07) is 5.87. The molecular weight excluding hydrogens is 268 g/mol. The van der Waals surface area contributed by atoms with Crippen molar-refractivity contribution in [3.63, 3.8) is 0 Å². The molecule has 3 nitrogen and oxygen atoms in total. The Balaban J connectivity index is 1.94. The van der Waals surface area contributed by atoms with Gasteiger partial charge in [-0.05, 0) is 56.2 Å². The zero-order chi connectivity index (χ0) is 14.6. The molecule has 0 aliphatic heterocycles. The molecule has 1 fully saturated rings. The summed E-state index contributed by atoms with van der Waals surface area (Å²) in [5, 5.41) is 6.43. The molecule has 0 unspecified atom stereocenters. The minimum absolute atomic E-state index is 0.0375. The Morgan fingerprint density at radius 2 is 2.15 bits per heavy atom. The van der Waals surface area contributed by atoms with Crippen LogP contribution < -0.4 is 10.6 Å². The van der Waals surface area contributed by atoms with Crippen molar-refractivity contribution in [3.05, 3.63) is 29.3 Å². The van der Waals surface area contributed by atoms with Gasteiger partial charge in [-0.15, -0.1) is 0 Å². The molecule has 0 spiro atoms. The van der Waals surface area contributed by atoms with Gasteiger partial charge in [-0.2, -0.15) is 11.8 Å². The highest BCUT2D eigenvalue weighted by Crippen LogP contribution is 2.46. The second-order valence-electron chi connectivity index (χ2n) is 5.53. The van der Waals surface area contributed by atoms with Gasteiger partial charge in [-0.1, -0.05) is 6.92 Å². The van der Waals surface area contributed by atoms with Gasteiger partial charge in [-0.25, -0.2) is 0 Å². The van der Waals surface area contributed by atoms with Gasteiger partial charge in [0.25, 0.3) is 5.91 Å². The van der Waals surface area contributed by atoms with Crippen molar-refractivity contribution in [3.8, 4) is 0 Å². The molecule has 0 aromatic heterocycles. The summed E-state index contributed by atoms with van der Waals surface area (Å²) in [4.78, 5) is 12.2. The van der Waals surface area contributed by atoms with E-state index in [0.29, 0.717) is 4.75 Å². The quantitative estimate of drug-likeness (QED) is 0.809. The fourth-order valence-electron chi connectivity index (χ4n) is 2.20. The predicted molar refractivity (Wildman–Crippen MR) is 87.8 cm³/mol. The summed E-state index contributed by atoms with van der Waals surface area (Å²) >= 11 is 1.87. The number of thioether (sulfide) groups is 1. The van der Waals surface area contributed by atoms with Crippen LogP contribution in [0.2, 0.25) is 0 Å². The molecule has 1 aliphatic rings. The number of carbonyl (C=O) groups is 1. The van der Waals surface area contributed by atoms with Crippen LogP contribution in [0.15, 0.2) is 18.2 Å². The first-order valence-corrected chi connectivity index (χ1v) is 8.50. The second-order valence-corrected chi connectivity index (χ2v) is 6.80. The topological polar surface area (TPSA) is 41.1 Å². The Kier molecular flexibility index (Phi) is 4.97. The number of hydrogen-bond donors (Lipinski definition) is 2. The Bertz CT molecular complexity index is 483. The van der Waals surface area contributed by atoms with Gasteiger partial charge in [0.2, 0.25) is 0 Å². The van der Waals surface area contributed by atoms with E-state index in [4.69, 9.17) is 0 Å². The number of hydrogen-bond acceptors (Lipinski definition) is 3. The van der Waals surface area contributed by atoms with Crippen LogP contribution in [-0.2, 0) is 0 Å². The maximum atomic E-state index is 12.2. The number of carbonyl (C=O) groups excluding carboxylic acids is 1. The summed E-state index contributed by atoms with van der Waals surface area (Å²) in [7, 11) is 0. The Labute approximate surface area is 125 Å². The first kappa shape index (κ1) is 15.2. The van der Waals surface area contributed by atoms with Crippen molar-refractivity contribution < 1.29 is 4.79 Å². The summed E-state index contributed by atoms with van der Waals surface area (Å²) in [5.74, 6) is 0.0375. The second kappa shape index (κ2) is 6.53. The molecule has 4 heteroatoms. The number of benzene rings is 1. The maximum Gasteiger partial charge on any atom is 0.251 e. The van der Waals surface area contributed by atoms with Crippen LogP contribution in [0.5, 0.6) is 0 Å². The number of anilines is 1. The third kappa shape index (κ3) is 3.69. The molecule has 1 aromatic carbocycles. The van der Waals surface area contributed by atoms with Gasteiger partial charge in [0.1, 0.15) is 0 Å². The van der Waals surface area contributed by atoms with Crippen LogP contribution in [0.3, 0.4) is 0 Å². The van der Waals surface area contributed by atoms with Crippen LogP contribution >= 0.6 is 11.8 Å².